The topological polar surface area (TPSA) is 88.4 Å². The molecule has 7 rings (SSSR count). The van der Waals surface area contributed by atoms with Crippen molar-refractivity contribution in [3.8, 4) is 22.5 Å². The summed E-state index contributed by atoms with van der Waals surface area (Å²) < 4.78 is 19.7. The van der Waals surface area contributed by atoms with Crippen molar-refractivity contribution in [2.45, 2.75) is 37.6 Å². The fourth-order valence-corrected chi connectivity index (χ4v) is 5.80. The van der Waals surface area contributed by atoms with Gasteiger partial charge in [0.25, 0.3) is 11.8 Å². The summed E-state index contributed by atoms with van der Waals surface area (Å²) in [4.78, 5) is 37.3. The molecule has 7 heteroatoms. The van der Waals surface area contributed by atoms with Crippen molar-refractivity contribution in [3.63, 3.8) is 0 Å². The van der Waals surface area contributed by atoms with Gasteiger partial charge in [0.1, 0.15) is 23.4 Å². The standard InChI is InChI=1S/C31H27FN2O4/c1-33-30(37)27-25-14-24(20-4-2-5-22(12-20)29(36)34-31-15-18(16-31)17-31)21(6-3-11-35)13-26(25)38-28(27)19-7-9-23(32)10-8-19/h2,4-5,7-14,18H,3,6,15-17H2,1H3,(H,33,37)(H,34,36). The monoisotopic (exact) mass is 510 g/mol. The number of nitrogens with one attached hydrogen (secondary N) is 2. The molecular formula is C31H27FN2O4. The van der Waals surface area contributed by atoms with E-state index in [1.54, 1.807) is 25.2 Å². The van der Waals surface area contributed by atoms with E-state index in [-0.39, 0.29) is 23.2 Å². The molecule has 2 amide bonds. The highest BCUT2D eigenvalue weighted by Gasteiger charge is 2.57. The number of benzene rings is 3. The smallest absolute Gasteiger partial charge is 0.255 e. The molecule has 2 bridgehead atoms. The molecule has 1 aromatic heterocycles. The third-order valence-corrected chi connectivity index (χ3v) is 7.86. The molecule has 3 saturated carbocycles. The van der Waals surface area contributed by atoms with Gasteiger partial charge in [-0.3, -0.25) is 9.59 Å². The van der Waals surface area contributed by atoms with Crippen LogP contribution in [-0.2, 0) is 11.2 Å². The second-order valence-corrected chi connectivity index (χ2v) is 10.4. The summed E-state index contributed by atoms with van der Waals surface area (Å²) in [7, 11) is 1.54. The minimum Gasteiger partial charge on any atom is -0.455 e. The predicted octanol–water partition coefficient (Wildman–Crippen LogP) is 5.68. The van der Waals surface area contributed by atoms with Crippen molar-refractivity contribution in [1.29, 1.82) is 0 Å². The molecule has 0 unspecified atom stereocenters. The van der Waals surface area contributed by atoms with Crippen LogP contribution in [0.25, 0.3) is 33.4 Å². The zero-order valence-electron chi connectivity index (χ0n) is 21.0. The highest BCUT2D eigenvalue weighted by atomic mass is 19.1. The SMILES string of the molecule is CNC(=O)c1c(-c2ccc(F)cc2)oc2cc(CCC=O)c(-c3cccc(C(=O)NC45CC(C4)C5)c3)cc12. The maximum atomic E-state index is 13.6. The molecule has 38 heavy (non-hydrogen) atoms. The number of furan rings is 1. The summed E-state index contributed by atoms with van der Waals surface area (Å²) in [6.07, 6.45) is 4.83. The first kappa shape index (κ1) is 24.1. The molecule has 0 saturated heterocycles. The molecule has 192 valence electrons. The maximum absolute atomic E-state index is 13.6. The molecule has 0 spiro atoms. The Kier molecular flexibility index (Phi) is 5.86. The van der Waals surface area contributed by atoms with Gasteiger partial charge in [0.15, 0.2) is 0 Å². The van der Waals surface area contributed by atoms with E-state index in [0.717, 1.165) is 48.2 Å². The number of hydrogen-bond acceptors (Lipinski definition) is 4. The number of amides is 2. The average Bonchev–Trinajstić information content (AvgIpc) is 3.26. The molecule has 6 nitrogen and oxygen atoms in total. The molecular weight excluding hydrogens is 483 g/mol. The zero-order valence-corrected chi connectivity index (χ0v) is 21.0. The summed E-state index contributed by atoms with van der Waals surface area (Å²) >= 11 is 0. The number of aryl methyl sites for hydroxylation is 1. The number of fused-ring (bicyclic) bond motifs is 1. The van der Waals surface area contributed by atoms with Gasteiger partial charge < -0.3 is 19.8 Å². The van der Waals surface area contributed by atoms with Gasteiger partial charge in [0.2, 0.25) is 0 Å². The minimum atomic E-state index is -0.386. The summed E-state index contributed by atoms with van der Waals surface area (Å²) in [5, 5.41) is 6.48. The van der Waals surface area contributed by atoms with Crippen molar-refractivity contribution in [3.05, 3.63) is 83.2 Å². The van der Waals surface area contributed by atoms with Crippen molar-refractivity contribution < 1.29 is 23.2 Å². The third kappa shape index (κ3) is 4.08. The molecule has 1 heterocycles. The summed E-state index contributed by atoms with van der Waals surface area (Å²) in [5.74, 6) is 0.292. The van der Waals surface area contributed by atoms with Crippen molar-refractivity contribution in [2.24, 2.45) is 5.92 Å². The highest BCUT2D eigenvalue weighted by molar-refractivity contribution is 6.12. The summed E-state index contributed by atoms with van der Waals surface area (Å²) in [5.41, 5.74) is 4.44. The highest BCUT2D eigenvalue weighted by Crippen LogP contribution is 2.57. The number of carbonyl (C=O) groups excluding carboxylic acids is 3. The van der Waals surface area contributed by atoms with Gasteiger partial charge in [-0.1, -0.05) is 12.1 Å². The van der Waals surface area contributed by atoms with Crippen LogP contribution in [-0.4, -0.2) is 30.7 Å². The van der Waals surface area contributed by atoms with E-state index in [1.807, 2.05) is 30.3 Å². The van der Waals surface area contributed by atoms with E-state index in [1.165, 1.54) is 12.1 Å². The second kappa shape index (κ2) is 9.24. The lowest BCUT2D eigenvalue weighted by atomic mass is 9.50. The van der Waals surface area contributed by atoms with Crippen LogP contribution >= 0.6 is 0 Å². The van der Waals surface area contributed by atoms with Crippen molar-refractivity contribution >= 4 is 29.1 Å². The van der Waals surface area contributed by atoms with Gasteiger partial charge in [0, 0.05) is 35.5 Å². The van der Waals surface area contributed by atoms with Crippen molar-refractivity contribution in [1.82, 2.24) is 10.6 Å². The first-order valence-electron chi connectivity index (χ1n) is 12.8. The zero-order chi connectivity index (χ0) is 26.4. The van der Waals surface area contributed by atoms with E-state index >= 15 is 0 Å². The molecule has 0 radical (unpaired) electrons. The Bertz CT molecular complexity index is 1570. The molecule has 3 aromatic carbocycles. The van der Waals surface area contributed by atoms with Gasteiger partial charge >= 0.3 is 0 Å². The predicted molar refractivity (Wildman–Crippen MR) is 142 cm³/mol. The molecule has 2 N–H and O–H groups in total. The van der Waals surface area contributed by atoms with Crippen LogP contribution < -0.4 is 10.6 Å². The third-order valence-electron chi connectivity index (χ3n) is 7.86. The van der Waals surface area contributed by atoms with Crippen LogP contribution in [0.1, 0.15) is 52.0 Å². The second-order valence-electron chi connectivity index (χ2n) is 10.4. The average molecular weight is 511 g/mol. The van der Waals surface area contributed by atoms with Gasteiger partial charge in [-0.05, 0) is 96.8 Å². The van der Waals surface area contributed by atoms with Crippen LogP contribution in [0.3, 0.4) is 0 Å². The van der Waals surface area contributed by atoms with Gasteiger partial charge in [0.05, 0.1) is 5.56 Å². The van der Waals surface area contributed by atoms with Gasteiger partial charge in [-0.2, -0.15) is 0 Å². The molecule has 0 aliphatic heterocycles. The Morgan fingerprint density at radius 2 is 1.79 bits per heavy atom. The fourth-order valence-electron chi connectivity index (χ4n) is 5.80. The van der Waals surface area contributed by atoms with Crippen LogP contribution in [0.15, 0.2) is 65.1 Å². The Morgan fingerprint density at radius 3 is 2.45 bits per heavy atom. The number of rotatable bonds is 8. The molecule has 3 aliphatic rings. The Balaban J connectivity index is 1.47. The van der Waals surface area contributed by atoms with Gasteiger partial charge in [-0.25, -0.2) is 4.39 Å². The first-order valence-corrected chi connectivity index (χ1v) is 12.8. The largest absolute Gasteiger partial charge is 0.455 e. The Hall–Kier alpha value is -4.26. The van der Waals surface area contributed by atoms with Crippen LogP contribution in [0.5, 0.6) is 0 Å². The van der Waals surface area contributed by atoms with E-state index in [4.69, 9.17) is 4.42 Å². The van der Waals surface area contributed by atoms with E-state index in [9.17, 15) is 18.8 Å². The first-order chi connectivity index (χ1) is 18.4. The Morgan fingerprint density at radius 1 is 1.03 bits per heavy atom. The molecule has 0 atom stereocenters. The van der Waals surface area contributed by atoms with E-state index < -0.39 is 0 Å². The van der Waals surface area contributed by atoms with Crippen LogP contribution in [0.2, 0.25) is 0 Å². The van der Waals surface area contributed by atoms with Crippen LogP contribution in [0, 0.1) is 11.7 Å². The number of carbonyl (C=O) groups is 3. The maximum Gasteiger partial charge on any atom is 0.255 e. The lowest BCUT2D eigenvalue weighted by molar-refractivity contribution is -0.107. The number of hydrogen-bond donors (Lipinski definition) is 2. The normalized spacial score (nSPS) is 19.4. The van der Waals surface area contributed by atoms with E-state index in [2.05, 4.69) is 10.6 Å². The van der Waals surface area contributed by atoms with Crippen molar-refractivity contribution in [2.75, 3.05) is 7.05 Å². The molecule has 3 aliphatic carbocycles. The summed E-state index contributed by atoms with van der Waals surface area (Å²) in [6.45, 7) is 0. The van der Waals surface area contributed by atoms with E-state index in [0.29, 0.717) is 46.3 Å². The quantitative estimate of drug-likeness (QED) is 0.299. The lowest BCUT2D eigenvalue weighted by Crippen LogP contribution is -2.68. The minimum absolute atomic E-state index is 0.0260. The number of aldehydes is 1. The summed E-state index contributed by atoms with van der Waals surface area (Å²) in [6, 6.07) is 16.9. The fraction of sp³-hybridized carbons (Fsp3) is 0.258. The Labute approximate surface area is 219 Å². The molecule has 3 fully saturated rings. The van der Waals surface area contributed by atoms with Crippen LogP contribution in [0.4, 0.5) is 4.39 Å². The van der Waals surface area contributed by atoms with Gasteiger partial charge in [-0.15, -0.1) is 0 Å². The molecule has 4 aromatic rings. The number of halogens is 1. The lowest BCUT2D eigenvalue weighted by Gasteiger charge is -2.61.